The minimum atomic E-state index is -0.287. The Morgan fingerprint density at radius 2 is 1.94 bits per heavy atom. The molecule has 0 saturated heterocycles. The second-order valence-electron chi connectivity index (χ2n) is 8.75. The third kappa shape index (κ3) is 4.90. The van der Waals surface area contributed by atoms with Crippen molar-refractivity contribution in [1.82, 2.24) is 0 Å². The zero-order valence-electron chi connectivity index (χ0n) is 20.5. The van der Waals surface area contributed by atoms with Gasteiger partial charge in [-0.1, -0.05) is 50.1 Å². The Morgan fingerprint density at radius 3 is 2.51 bits per heavy atom. The zero-order chi connectivity index (χ0) is 25.8. The molecule has 1 aliphatic heterocycles. The number of aliphatic hydroxyl groups excluding tert-OH is 1. The minimum absolute atomic E-state index is 0.114. The second kappa shape index (κ2) is 10.7. The number of thiophene rings is 1. The lowest BCUT2D eigenvalue weighted by atomic mass is 9.80. The normalized spacial score (nSPS) is 15.3. The molecule has 1 aromatic carbocycles. The Labute approximate surface area is 211 Å². The number of benzene rings is 1. The molecule has 1 aromatic heterocycles. The Morgan fingerprint density at radius 1 is 1.20 bits per heavy atom. The highest BCUT2D eigenvalue weighted by Crippen LogP contribution is 2.40. The molecular formula is C30H31N2O2S+. The van der Waals surface area contributed by atoms with Gasteiger partial charge in [-0.15, -0.1) is 11.3 Å². The van der Waals surface area contributed by atoms with Crippen molar-refractivity contribution in [2.45, 2.75) is 25.7 Å². The van der Waals surface area contributed by atoms with Gasteiger partial charge in [0.15, 0.2) is 5.71 Å². The first-order valence-electron chi connectivity index (χ1n) is 11.3. The first-order valence-corrected chi connectivity index (χ1v) is 12.1. The summed E-state index contributed by atoms with van der Waals surface area (Å²) in [6.07, 6.45) is 12.9. The lowest BCUT2D eigenvalue weighted by molar-refractivity contribution is -0.401. The van der Waals surface area contributed by atoms with Crippen LogP contribution in [0.3, 0.4) is 0 Å². The predicted octanol–water partition coefficient (Wildman–Crippen LogP) is 6.56. The molecule has 4 nitrogen and oxygen atoms in total. The molecule has 178 valence electrons. The summed E-state index contributed by atoms with van der Waals surface area (Å²) in [5.41, 5.74) is 6.00. The molecule has 0 bridgehead atoms. The summed E-state index contributed by atoms with van der Waals surface area (Å²) in [5, 5.41) is 29.7. The van der Waals surface area contributed by atoms with Crippen LogP contribution in [-0.4, -0.2) is 34.2 Å². The number of rotatable bonds is 9. The van der Waals surface area contributed by atoms with Crippen LogP contribution < -0.4 is 0 Å². The van der Waals surface area contributed by atoms with E-state index < -0.39 is 0 Å². The first-order chi connectivity index (χ1) is 16.7. The van der Waals surface area contributed by atoms with Gasteiger partial charge in [0, 0.05) is 34.8 Å². The molecule has 0 spiro atoms. The van der Waals surface area contributed by atoms with Crippen molar-refractivity contribution in [3.05, 3.63) is 99.8 Å². The molecule has 3 rings (SSSR count). The molecule has 2 heterocycles. The maximum Gasteiger partial charge on any atom is 0.209 e. The smallest absolute Gasteiger partial charge is 0.209 e. The van der Waals surface area contributed by atoms with Crippen molar-refractivity contribution >= 4 is 41.0 Å². The molecule has 0 atom stereocenters. The van der Waals surface area contributed by atoms with Gasteiger partial charge >= 0.3 is 0 Å². The van der Waals surface area contributed by atoms with E-state index in [1.165, 1.54) is 16.9 Å². The van der Waals surface area contributed by atoms with Crippen molar-refractivity contribution in [3.63, 3.8) is 0 Å². The molecule has 5 heteroatoms. The molecular weight excluding hydrogens is 452 g/mol. The van der Waals surface area contributed by atoms with E-state index >= 15 is 0 Å². The largest absolute Gasteiger partial charge is 0.506 e. The standard InChI is InChI=1S/C30H30N2O2S/c1-7-21(22(19-31)11-10-12-27-29(34)23(8-2)26(9-3)35-27)18-28-30(4,5)24-17-20(15-16-33)13-14-25(24)32(28)6/h7-14,17-18,33H,1-3,15-16H2,4-6H3/p+1. The lowest BCUT2D eigenvalue weighted by Crippen LogP contribution is -2.27. The molecule has 0 aliphatic carbocycles. The zero-order valence-corrected chi connectivity index (χ0v) is 21.3. The van der Waals surface area contributed by atoms with E-state index in [2.05, 4.69) is 56.4 Å². The maximum atomic E-state index is 10.4. The molecule has 2 aromatic rings. The summed E-state index contributed by atoms with van der Waals surface area (Å²) in [5.74, 6) is 0.158. The second-order valence-corrected chi connectivity index (χ2v) is 9.83. The van der Waals surface area contributed by atoms with Gasteiger partial charge in [-0.3, -0.25) is 0 Å². The van der Waals surface area contributed by atoms with E-state index in [9.17, 15) is 15.5 Å². The van der Waals surface area contributed by atoms with Crippen LogP contribution in [0, 0.1) is 11.3 Å². The van der Waals surface area contributed by atoms with Gasteiger partial charge in [-0.25, -0.2) is 0 Å². The monoisotopic (exact) mass is 483 g/mol. The van der Waals surface area contributed by atoms with Crippen LogP contribution in [0.5, 0.6) is 5.75 Å². The van der Waals surface area contributed by atoms with Gasteiger partial charge in [0.05, 0.1) is 21.9 Å². The van der Waals surface area contributed by atoms with Gasteiger partial charge in [0.1, 0.15) is 12.8 Å². The topological polar surface area (TPSA) is 67.3 Å². The fraction of sp³-hybridized carbons (Fsp3) is 0.200. The fourth-order valence-corrected chi connectivity index (χ4v) is 5.35. The van der Waals surface area contributed by atoms with Crippen LogP contribution >= 0.6 is 11.3 Å². The third-order valence-corrected chi connectivity index (χ3v) is 7.47. The number of fused-ring (bicyclic) bond motifs is 1. The number of aliphatic hydroxyl groups is 1. The SMILES string of the molecule is C=CC(=C\C1=[N+](C)c2ccc(CCO)cc2C1(C)C)/C(C#N)=C/C=C/c1sc(C=C)c(C=C)c1O. The molecule has 35 heavy (non-hydrogen) atoms. The van der Waals surface area contributed by atoms with E-state index in [-0.39, 0.29) is 17.8 Å². The fourth-order valence-electron chi connectivity index (χ4n) is 4.38. The van der Waals surface area contributed by atoms with Crippen molar-refractivity contribution in [1.29, 1.82) is 5.26 Å². The number of hydrogen-bond acceptors (Lipinski definition) is 4. The summed E-state index contributed by atoms with van der Waals surface area (Å²) in [4.78, 5) is 1.52. The van der Waals surface area contributed by atoms with E-state index in [0.29, 0.717) is 28.0 Å². The number of hydrogen-bond donors (Lipinski definition) is 2. The van der Waals surface area contributed by atoms with Gasteiger partial charge < -0.3 is 10.2 Å². The minimum Gasteiger partial charge on any atom is -0.506 e. The van der Waals surface area contributed by atoms with Crippen LogP contribution in [0.4, 0.5) is 5.69 Å². The van der Waals surface area contributed by atoms with E-state index in [1.54, 1.807) is 36.5 Å². The Hall–Kier alpha value is -3.72. The summed E-state index contributed by atoms with van der Waals surface area (Å²) in [6.45, 7) is 15.9. The highest BCUT2D eigenvalue weighted by molar-refractivity contribution is 7.14. The average Bonchev–Trinajstić information content (AvgIpc) is 3.25. The lowest BCUT2D eigenvalue weighted by Gasteiger charge is -2.17. The Balaban J connectivity index is 1.99. The maximum absolute atomic E-state index is 10.4. The Kier molecular flexibility index (Phi) is 7.91. The number of nitrogens with zero attached hydrogens (tertiary/aromatic N) is 2. The first kappa shape index (κ1) is 25.9. The highest BCUT2D eigenvalue weighted by Gasteiger charge is 2.43. The molecule has 1 aliphatic rings. The average molecular weight is 484 g/mol. The highest BCUT2D eigenvalue weighted by atomic mass is 32.1. The van der Waals surface area contributed by atoms with Crippen molar-refractivity contribution in [3.8, 4) is 11.8 Å². The summed E-state index contributed by atoms with van der Waals surface area (Å²) in [7, 11) is 2.02. The Bertz CT molecular complexity index is 1360. The van der Waals surface area contributed by atoms with Crippen LogP contribution in [0.1, 0.15) is 40.3 Å². The molecule has 2 N–H and O–H groups in total. The van der Waals surface area contributed by atoms with E-state index in [4.69, 9.17) is 0 Å². The van der Waals surface area contributed by atoms with Crippen molar-refractivity contribution < 1.29 is 14.8 Å². The molecule has 0 fully saturated rings. The van der Waals surface area contributed by atoms with Crippen LogP contribution in [0.25, 0.3) is 18.2 Å². The molecule has 0 radical (unpaired) electrons. The van der Waals surface area contributed by atoms with Crippen LogP contribution in [0.15, 0.2) is 73.4 Å². The summed E-state index contributed by atoms with van der Waals surface area (Å²) < 4.78 is 2.14. The van der Waals surface area contributed by atoms with E-state index in [1.807, 2.05) is 19.2 Å². The van der Waals surface area contributed by atoms with Gasteiger partial charge in [-0.05, 0) is 49.6 Å². The van der Waals surface area contributed by atoms with Gasteiger partial charge in [0.25, 0.3) is 0 Å². The van der Waals surface area contributed by atoms with Gasteiger partial charge in [0.2, 0.25) is 5.69 Å². The summed E-state index contributed by atoms with van der Waals surface area (Å²) in [6, 6.07) is 8.56. The molecule has 0 amide bonds. The number of aromatic hydroxyl groups is 1. The summed E-state index contributed by atoms with van der Waals surface area (Å²) >= 11 is 1.41. The number of allylic oxidation sites excluding steroid dienone is 6. The number of nitriles is 1. The van der Waals surface area contributed by atoms with Crippen LogP contribution in [0.2, 0.25) is 0 Å². The van der Waals surface area contributed by atoms with Gasteiger partial charge in [-0.2, -0.15) is 9.84 Å². The van der Waals surface area contributed by atoms with E-state index in [0.717, 1.165) is 21.8 Å². The third-order valence-electron chi connectivity index (χ3n) is 6.32. The predicted molar refractivity (Wildman–Crippen MR) is 148 cm³/mol. The van der Waals surface area contributed by atoms with Crippen LogP contribution in [-0.2, 0) is 11.8 Å². The molecule has 0 saturated carbocycles. The van der Waals surface area contributed by atoms with Crippen molar-refractivity contribution in [2.24, 2.45) is 0 Å². The van der Waals surface area contributed by atoms with Crippen molar-refractivity contribution in [2.75, 3.05) is 13.7 Å². The quantitative estimate of drug-likeness (QED) is 0.241. The molecule has 0 unspecified atom stereocenters.